The summed E-state index contributed by atoms with van der Waals surface area (Å²) in [7, 11) is 2.24. The maximum Gasteiger partial charge on any atom is 0.0294 e. The first-order chi connectivity index (χ1) is 8.97. The van der Waals surface area contributed by atoms with Crippen LogP contribution in [-0.2, 0) is 0 Å². The van der Waals surface area contributed by atoms with E-state index in [1.54, 1.807) is 0 Å². The van der Waals surface area contributed by atoms with Gasteiger partial charge in [0.25, 0.3) is 0 Å². The van der Waals surface area contributed by atoms with Crippen molar-refractivity contribution in [2.75, 3.05) is 13.6 Å². The SMILES string of the molecule is Cc1ccc([C@@H](C)NC2CC(C)N(C)CC2C)cc1. The third kappa shape index (κ3) is 3.58. The van der Waals surface area contributed by atoms with Gasteiger partial charge in [0, 0.05) is 24.7 Å². The fourth-order valence-electron chi connectivity index (χ4n) is 3.05. The highest BCUT2D eigenvalue weighted by Crippen LogP contribution is 2.24. The van der Waals surface area contributed by atoms with Crippen LogP contribution in [0.2, 0.25) is 0 Å². The number of benzene rings is 1. The molecular weight excluding hydrogens is 232 g/mol. The molecule has 1 saturated heterocycles. The monoisotopic (exact) mass is 260 g/mol. The van der Waals surface area contributed by atoms with Crippen LogP contribution in [0.25, 0.3) is 0 Å². The van der Waals surface area contributed by atoms with Crippen LogP contribution < -0.4 is 5.32 Å². The van der Waals surface area contributed by atoms with Crippen molar-refractivity contribution < 1.29 is 0 Å². The number of aryl methyl sites for hydroxylation is 1. The summed E-state index contributed by atoms with van der Waals surface area (Å²) in [6.07, 6.45) is 1.24. The van der Waals surface area contributed by atoms with Crippen molar-refractivity contribution >= 4 is 0 Å². The Morgan fingerprint density at radius 3 is 2.47 bits per heavy atom. The molecule has 2 nitrogen and oxygen atoms in total. The van der Waals surface area contributed by atoms with Crippen LogP contribution in [0, 0.1) is 12.8 Å². The summed E-state index contributed by atoms with van der Waals surface area (Å²) in [5.74, 6) is 0.717. The summed E-state index contributed by atoms with van der Waals surface area (Å²) in [4.78, 5) is 2.47. The first kappa shape index (κ1) is 14.5. The molecule has 2 rings (SSSR count). The third-order valence-corrected chi connectivity index (χ3v) is 4.65. The van der Waals surface area contributed by atoms with E-state index in [9.17, 15) is 0 Å². The second kappa shape index (κ2) is 6.06. The zero-order chi connectivity index (χ0) is 14.0. The van der Waals surface area contributed by atoms with Gasteiger partial charge in [-0.05, 0) is 45.7 Å². The maximum absolute atomic E-state index is 3.83. The van der Waals surface area contributed by atoms with Gasteiger partial charge in [0.05, 0.1) is 0 Å². The molecule has 1 aliphatic rings. The summed E-state index contributed by atoms with van der Waals surface area (Å²) in [6.45, 7) is 10.3. The van der Waals surface area contributed by atoms with Crippen LogP contribution in [0.4, 0.5) is 0 Å². The lowest BCUT2D eigenvalue weighted by molar-refractivity contribution is 0.116. The van der Waals surface area contributed by atoms with Crippen LogP contribution in [0.3, 0.4) is 0 Å². The summed E-state index contributed by atoms with van der Waals surface area (Å²) >= 11 is 0. The van der Waals surface area contributed by atoms with E-state index >= 15 is 0 Å². The van der Waals surface area contributed by atoms with E-state index < -0.39 is 0 Å². The number of nitrogens with one attached hydrogen (secondary N) is 1. The average molecular weight is 260 g/mol. The standard InChI is InChI=1S/C17H28N2/c1-12-6-8-16(9-7-12)15(4)18-17-10-14(3)19(5)11-13(17)2/h6-9,13-15,17-18H,10-11H2,1-5H3/t13?,14?,15-,17?/m1/s1. The molecule has 0 amide bonds. The lowest BCUT2D eigenvalue weighted by Gasteiger charge is -2.41. The third-order valence-electron chi connectivity index (χ3n) is 4.65. The summed E-state index contributed by atoms with van der Waals surface area (Å²) < 4.78 is 0. The molecule has 0 spiro atoms. The molecule has 1 fully saturated rings. The van der Waals surface area contributed by atoms with Gasteiger partial charge in [-0.1, -0.05) is 36.8 Å². The molecule has 0 aromatic heterocycles. The average Bonchev–Trinajstić information content (AvgIpc) is 2.36. The topological polar surface area (TPSA) is 15.3 Å². The fourth-order valence-corrected chi connectivity index (χ4v) is 3.05. The van der Waals surface area contributed by atoms with E-state index in [2.05, 4.69) is 69.2 Å². The predicted octanol–water partition coefficient (Wildman–Crippen LogP) is 3.37. The Kier molecular flexibility index (Phi) is 4.64. The fraction of sp³-hybridized carbons (Fsp3) is 0.647. The van der Waals surface area contributed by atoms with Crippen LogP contribution >= 0.6 is 0 Å². The lowest BCUT2D eigenvalue weighted by atomic mass is 9.89. The van der Waals surface area contributed by atoms with Crippen molar-refractivity contribution in [1.82, 2.24) is 10.2 Å². The van der Waals surface area contributed by atoms with E-state index in [-0.39, 0.29) is 0 Å². The Morgan fingerprint density at radius 1 is 1.21 bits per heavy atom. The Morgan fingerprint density at radius 2 is 1.84 bits per heavy atom. The zero-order valence-corrected chi connectivity index (χ0v) is 13.0. The van der Waals surface area contributed by atoms with Gasteiger partial charge in [0.1, 0.15) is 0 Å². The van der Waals surface area contributed by atoms with Gasteiger partial charge >= 0.3 is 0 Å². The first-order valence-electron chi connectivity index (χ1n) is 7.50. The van der Waals surface area contributed by atoms with Crippen LogP contribution in [0.1, 0.15) is 44.4 Å². The minimum Gasteiger partial charge on any atom is -0.307 e. The van der Waals surface area contributed by atoms with E-state index in [1.807, 2.05) is 0 Å². The predicted molar refractivity (Wildman–Crippen MR) is 82.4 cm³/mol. The lowest BCUT2D eigenvalue weighted by Crippen LogP contribution is -2.51. The minimum atomic E-state index is 0.434. The van der Waals surface area contributed by atoms with Gasteiger partial charge in [-0.15, -0.1) is 0 Å². The molecule has 0 saturated carbocycles. The summed E-state index contributed by atoms with van der Waals surface area (Å²) in [5, 5.41) is 3.83. The molecular formula is C17H28N2. The number of likely N-dealkylation sites (tertiary alicyclic amines) is 1. The van der Waals surface area contributed by atoms with Gasteiger partial charge < -0.3 is 10.2 Å². The summed E-state index contributed by atoms with van der Waals surface area (Å²) in [5.41, 5.74) is 2.72. The second-order valence-corrected chi connectivity index (χ2v) is 6.41. The molecule has 2 heteroatoms. The molecule has 1 aromatic carbocycles. The Bertz CT molecular complexity index is 398. The molecule has 0 aliphatic carbocycles. The molecule has 3 unspecified atom stereocenters. The molecule has 1 aromatic rings. The van der Waals surface area contributed by atoms with Crippen molar-refractivity contribution in [3.05, 3.63) is 35.4 Å². The molecule has 19 heavy (non-hydrogen) atoms. The highest BCUT2D eigenvalue weighted by molar-refractivity contribution is 5.23. The Hall–Kier alpha value is -0.860. The van der Waals surface area contributed by atoms with Gasteiger partial charge in [-0.3, -0.25) is 0 Å². The van der Waals surface area contributed by atoms with Crippen molar-refractivity contribution in [2.45, 2.75) is 52.2 Å². The molecule has 106 valence electrons. The summed E-state index contributed by atoms with van der Waals surface area (Å²) in [6, 6.07) is 10.6. The normalized spacial score (nSPS) is 30.3. The first-order valence-corrected chi connectivity index (χ1v) is 7.50. The van der Waals surface area contributed by atoms with Crippen LogP contribution in [0.5, 0.6) is 0 Å². The number of hydrogen-bond donors (Lipinski definition) is 1. The number of hydrogen-bond acceptors (Lipinski definition) is 2. The quantitative estimate of drug-likeness (QED) is 0.896. The number of piperidine rings is 1. The van der Waals surface area contributed by atoms with Crippen molar-refractivity contribution in [1.29, 1.82) is 0 Å². The Labute approximate surface area is 118 Å². The molecule has 0 bridgehead atoms. The highest BCUT2D eigenvalue weighted by Gasteiger charge is 2.29. The number of nitrogens with zero attached hydrogens (tertiary/aromatic N) is 1. The van der Waals surface area contributed by atoms with E-state index in [0.717, 1.165) is 0 Å². The highest BCUT2D eigenvalue weighted by atomic mass is 15.2. The largest absolute Gasteiger partial charge is 0.307 e. The van der Waals surface area contributed by atoms with Crippen LogP contribution in [0.15, 0.2) is 24.3 Å². The van der Waals surface area contributed by atoms with Gasteiger partial charge in [0.2, 0.25) is 0 Å². The van der Waals surface area contributed by atoms with Gasteiger partial charge in [-0.2, -0.15) is 0 Å². The van der Waals surface area contributed by atoms with E-state index in [4.69, 9.17) is 0 Å². The molecule has 0 radical (unpaired) electrons. The smallest absolute Gasteiger partial charge is 0.0294 e. The maximum atomic E-state index is 3.83. The van der Waals surface area contributed by atoms with E-state index in [0.29, 0.717) is 24.0 Å². The van der Waals surface area contributed by atoms with Crippen LogP contribution in [-0.4, -0.2) is 30.6 Å². The molecule has 1 aliphatic heterocycles. The van der Waals surface area contributed by atoms with Gasteiger partial charge in [0.15, 0.2) is 0 Å². The number of rotatable bonds is 3. The van der Waals surface area contributed by atoms with Crippen molar-refractivity contribution in [3.63, 3.8) is 0 Å². The van der Waals surface area contributed by atoms with Gasteiger partial charge in [-0.25, -0.2) is 0 Å². The second-order valence-electron chi connectivity index (χ2n) is 6.41. The molecule has 1 N–H and O–H groups in total. The van der Waals surface area contributed by atoms with Crippen molar-refractivity contribution in [2.24, 2.45) is 5.92 Å². The minimum absolute atomic E-state index is 0.434. The zero-order valence-electron chi connectivity index (χ0n) is 13.0. The Balaban J connectivity index is 1.98. The molecule has 4 atom stereocenters. The van der Waals surface area contributed by atoms with Crippen molar-refractivity contribution in [3.8, 4) is 0 Å². The molecule has 1 heterocycles. The van der Waals surface area contributed by atoms with E-state index in [1.165, 1.54) is 24.1 Å².